The lowest BCUT2D eigenvalue weighted by atomic mass is 10.1. The molecule has 0 atom stereocenters. The molecule has 0 aromatic heterocycles. The second-order valence-corrected chi connectivity index (χ2v) is 5.53. The van der Waals surface area contributed by atoms with E-state index in [9.17, 15) is 9.59 Å². The molecule has 0 unspecified atom stereocenters. The summed E-state index contributed by atoms with van der Waals surface area (Å²) in [6.07, 6.45) is 0.671. The van der Waals surface area contributed by atoms with Gasteiger partial charge >= 0.3 is 6.03 Å². The van der Waals surface area contributed by atoms with Gasteiger partial charge in [0.1, 0.15) is 5.75 Å². The minimum absolute atomic E-state index is 0.0327. The Morgan fingerprint density at radius 1 is 1.12 bits per heavy atom. The molecule has 0 radical (unpaired) electrons. The Kier molecular flexibility index (Phi) is 5.95. The highest BCUT2D eigenvalue weighted by atomic mass is 16.5. The van der Waals surface area contributed by atoms with Crippen molar-refractivity contribution in [2.24, 2.45) is 0 Å². The van der Waals surface area contributed by atoms with E-state index in [1.54, 1.807) is 19.2 Å². The summed E-state index contributed by atoms with van der Waals surface area (Å²) in [6.45, 7) is 3.87. The van der Waals surface area contributed by atoms with Crippen molar-refractivity contribution in [3.63, 3.8) is 0 Å². The Hall–Kier alpha value is -2.82. The topological polar surface area (TPSA) is 67.4 Å². The van der Waals surface area contributed by atoms with Crippen LogP contribution in [0.4, 0.5) is 10.5 Å². The maximum absolute atomic E-state index is 12.1. The van der Waals surface area contributed by atoms with Crippen LogP contribution in [0.1, 0.15) is 28.4 Å². The Morgan fingerprint density at radius 3 is 2.58 bits per heavy atom. The lowest BCUT2D eigenvalue weighted by Crippen LogP contribution is -2.30. The van der Waals surface area contributed by atoms with Crippen LogP contribution in [-0.2, 0) is 6.42 Å². The molecule has 0 bridgehead atoms. The fourth-order valence-electron chi connectivity index (χ4n) is 2.36. The van der Waals surface area contributed by atoms with Gasteiger partial charge in [-0.3, -0.25) is 4.79 Å². The molecule has 0 aliphatic rings. The van der Waals surface area contributed by atoms with Gasteiger partial charge in [-0.15, -0.1) is 0 Å². The Balaban J connectivity index is 1.92. The summed E-state index contributed by atoms with van der Waals surface area (Å²) in [5.41, 5.74) is 3.15. The highest BCUT2D eigenvalue weighted by Crippen LogP contribution is 2.18. The molecule has 0 heterocycles. The lowest BCUT2D eigenvalue weighted by Gasteiger charge is -2.12. The van der Waals surface area contributed by atoms with Gasteiger partial charge in [0.2, 0.25) is 0 Å². The van der Waals surface area contributed by atoms with Gasteiger partial charge in [0.05, 0.1) is 7.11 Å². The van der Waals surface area contributed by atoms with E-state index in [0.29, 0.717) is 24.2 Å². The molecule has 2 aromatic carbocycles. The van der Waals surface area contributed by atoms with Crippen molar-refractivity contribution < 1.29 is 14.3 Å². The van der Waals surface area contributed by atoms with Crippen LogP contribution >= 0.6 is 0 Å². The molecule has 2 rings (SSSR count). The van der Waals surface area contributed by atoms with Crippen LogP contribution < -0.4 is 15.4 Å². The monoisotopic (exact) mass is 326 g/mol. The average molecular weight is 326 g/mol. The van der Waals surface area contributed by atoms with Gasteiger partial charge in [-0.05, 0) is 43.5 Å². The smallest absolute Gasteiger partial charge is 0.319 e. The van der Waals surface area contributed by atoms with E-state index >= 15 is 0 Å². The predicted octanol–water partition coefficient (Wildman–Crippen LogP) is 3.57. The number of urea groups is 1. The molecule has 24 heavy (non-hydrogen) atoms. The number of benzene rings is 2. The highest BCUT2D eigenvalue weighted by molar-refractivity contribution is 5.97. The highest BCUT2D eigenvalue weighted by Gasteiger charge is 2.08. The number of Topliss-reactive ketones (excluding diaryl/α,β-unsaturated/α-hetero) is 1. The number of anilines is 1. The molecule has 2 N–H and O–H groups in total. The number of ether oxygens (including phenoxy) is 1. The number of rotatable bonds is 6. The standard InChI is InChI=1S/C19H22N2O3/c1-13-8-9-16(14(2)22)12-17(13)21-19(23)20-11-10-15-6-4-5-7-18(15)24-3/h4-9,12H,10-11H2,1-3H3,(H2,20,21,23). The van der Waals surface area contributed by atoms with Crippen molar-refractivity contribution in [1.82, 2.24) is 5.32 Å². The summed E-state index contributed by atoms with van der Waals surface area (Å²) in [5, 5.41) is 5.60. The third-order valence-corrected chi connectivity index (χ3v) is 3.76. The number of ketones is 1. The van der Waals surface area contributed by atoms with Gasteiger partial charge < -0.3 is 15.4 Å². The van der Waals surface area contributed by atoms with Crippen LogP contribution in [0, 0.1) is 6.92 Å². The van der Waals surface area contributed by atoms with E-state index in [2.05, 4.69) is 10.6 Å². The average Bonchev–Trinajstić information content (AvgIpc) is 2.57. The number of carbonyl (C=O) groups is 2. The lowest BCUT2D eigenvalue weighted by molar-refractivity contribution is 0.101. The van der Waals surface area contributed by atoms with Gasteiger partial charge in [-0.25, -0.2) is 4.79 Å². The number of methoxy groups -OCH3 is 1. The molecule has 0 spiro atoms. The number of hydrogen-bond donors (Lipinski definition) is 2. The number of amides is 2. The first kappa shape index (κ1) is 17.5. The Morgan fingerprint density at radius 2 is 1.88 bits per heavy atom. The van der Waals surface area contributed by atoms with E-state index in [1.807, 2.05) is 37.3 Å². The summed E-state index contributed by atoms with van der Waals surface area (Å²) in [4.78, 5) is 23.5. The maximum Gasteiger partial charge on any atom is 0.319 e. The fourth-order valence-corrected chi connectivity index (χ4v) is 2.36. The molecule has 5 heteroatoms. The molecule has 2 amide bonds. The molecule has 126 valence electrons. The van der Waals surface area contributed by atoms with Crippen molar-refractivity contribution in [3.05, 3.63) is 59.2 Å². The number of hydrogen-bond acceptors (Lipinski definition) is 3. The van der Waals surface area contributed by atoms with E-state index in [4.69, 9.17) is 4.74 Å². The Bertz CT molecular complexity index is 741. The zero-order valence-electron chi connectivity index (χ0n) is 14.2. The van der Waals surface area contributed by atoms with Gasteiger partial charge in [-0.1, -0.05) is 30.3 Å². The minimum Gasteiger partial charge on any atom is -0.496 e. The molecule has 0 fully saturated rings. The third kappa shape index (κ3) is 4.59. The van der Waals surface area contributed by atoms with Gasteiger partial charge in [0.15, 0.2) is 5.78 Å². The number of para-hydroxylation sites is 1. The summed E-state index contributed by atoms with van der Waals surface area (Å²) >= 11 is 0. The van der Waals surface area contributed by atoms with Crippen molar-refractivity contribution in [2.45, 2.75) is 20.3 Å². The number of carbonyl (C=O) groups excluding carboxylic acids is 2. The first-order valence-electron chi connectivity index (χ1n) is 7.79. The quantitative estimate of drug-likeness (QED) is 0.798. The normalized spacial score (nSPS) is 10.1. The first-order valence-corrected chi connectivity index (χ1v) is 7.79. The largest absolute Gasteiger partial charge is 0.496 e. The van der Waals surface area contributed by atoms with Crippen LogP contribution in [0.15, 0.2) is 42.5 Å². The van der Waals surface area contributed by atoms with E-state index in [1.165, 1.54) is 6.92 Å². The molecule has 0 saturated carbocycles. The van der Waals surface area contributed by atoms with Crippen molar-refractivity contribution in [2.75, 3.05) is 19.0 Å². The zero-order chi connectivity index (χ0) is 17.5. The first-order chi connectivity index (χ1) is 11.5. The molecule has 0 aliphatic heterocycles. The van der Waals surface area contributed by atoms with Crippen LogP contribution in [0.5, 0.6) is 5.75 Å². The van der Waals surface area contributed by atoms with E-state index in [-0.39, 0.29) is 11.8 Å². The van der Waals surface area contributed by atoms with Gasteiger partial charge in [-0.2, -0.15) is 0 Å². The number of aryl methyl sites for hydroxylation is 1. The van der Waals surface area contributed by atoms with Crippen LogP contribution in [-0.4, -0.2) is 25.5 Å². The maximum atomic E-state index is 12.1. The molecule has 0 saturated heterocycles. The predicted molar refractivity (Wildman–Crippen MR) is 94.9 cm³/mol. The number of nitrogens with one attached hydrogen (secondary N) is 2. The van der Waals surface area contributed by atoms with Gasteiger partial charge in [0.25, 0.3) is 0 Å². The summed E-state index contributed by atoms with van der Waals surface area (Å²) in [6, 6.07) is 12.7. The van der Waals surface area contributed by atoms with Crippen molar-refractivity contribution >= 4 is 17.5 Å². The second-order valence-electron chi connectivity index (χ2n) is 5.53. The summed E-state index contributed by atoms with van der Waals surface area (Å²) < 4.78 is 5.29. The molecular formula is C19H22N2O3. The SMILES string of the molecule is COc1ccccc1CCNC(=O)Nc1cc(C(C)=O)ccc1C. The van der Waals surface area contributed by atoms with Crippen LogP contribution in [0.25, 0.3) is 0 Å². The molecule has 5 nitrogen and oxygen atoms in total. The molecule has 0 aliphatic carbocycles. The fraction of sp³-hybridized carbons (Fsp3) is 0.263. The zero-order valence-corrected chi connectivity index (χ0v) is 14.2. The summed E-state index contributed by atoms with van der Waals surface area (Å²) in [7, 11) is 1.63. The molecule has 2 aromatic rings. The Labute approximate surface area is 142 Å². The van der Waals surface area contributed by atoms with Crippen molar-refractivity contribution in [1.29, 1.82) is 0 Å². The van der Waals surface area contributed by atoms with E-state index < -0.39 is 0 Å². The molecular weight excluding hydrogens is 304 g/mol. The van der Waals surface area contributed by atoms with E-state index in [0.717, 1.165) is 16.9 Å². The van der Waals surface area contributed by atoms with Crippen LogP contribution in [0.2, 0.25) is 0 Å². The van der Waals surface area contributed by atoms with Gasteiger partial charge in [0, 0.05) is 17.8 Å². The second kappa shape index (κ2) is 8.15. The van der Waals surface area contributed by atoms with Crippen molar-refractivity contribution in [3.8, 4) is 5.75 Å². The van der Waals surface area contributed by atoms with Crippen LogP contribution in [0.3, 0.4) is 0 Å². The minimum atomic E-state index is -0.297. The third-order valence-electron chi connectivity index (χ3n) is 3.76. The summed E-state index contributed by atoms with van der Waals surface area (Å²) in [5.74, 6) is 0.777.